The highest BCUT2D eigenvalue weighted by Crippen LogP contribution is 2.26. The number of nitrogens with one attached hydrogen (secondary N) is 1. The van der Waals surface area contributed by atoms with Gasteiger partial charge in [0.15, 0.2) is 0 Å². The van der Waals surface area contributed by atoms with Crippen molar-refractivity contribution in [2.45, 2.75) is 11.3 Å². The minimum absolute atomic E-state index is 0.0115. The van der Waals surface area contributed by atoms with Crippen LogP contribution in [0.1, 0.15) is 12.1 Å². The van der Waals surface area contributed by atoms with Crippen LogP contribution >= 0.6 is 11.6 Å². The van der Waals surface area contributed by atoms with Crippen LogP contribution in [0.4, 0.5) is 14.6 Å². The Bertz CT molecular complexity index is 974. The molecule has 3 rings (SSSR count). The molecular weight excluding hydrogens is 372 g/mol. The number of aromatic nitrogens is 2. The van der Waals surface area contributed by atoms with E-state index in [4.69, 9.17) is 11.6 Å². The third-order valence-electron chi connectivity index (χ3n) is 3.32. The molecule has 0 bridgehead atoms. The molecule has 0 radical (unpaired) electrons. The fourth-order valence-electron chi connectivity index (χ4n) is 2.15. The van der Waals surface area contributed by atoms with Crippen molar-refractivity contribution in [1.29, 1.82) is 0 Å². The molecule has 5 nitrogen and oxygen atoms in total. The van der Waals surface area contributed by atoms with E-state index in [1.54, 1.807) is 42.5 Å². The molecule has 1 heterocycles. The quantitative estimate of drug-likeness (QED) is 0.715. The fraction of sp³-hybridized carbons (Fsp3) is 0.0625. The highest BCUT2D eigenvalue weighted by atomic mass is 35.5. The molecule has 130 valence electrons. The van der Waals surface area contributed by atoms with Crippen LogP contribution in [-0.4, -0.2) is 18.2 Å². The maximum absolute atomic E-state index is 13.0. The second kappa shape index (κ2) is 6.81. The lowest BCUT2D eigenvalue weighted by Gasteiger charge is -2.10. The third kappa shape index (κ3) is 3.80. The maximum Gasteiger partial charge on any atom is 0.282 e. The van der Waals surface area contributed by atoms with Crippen LogP contribution in [0.15, 0.2) is 65.6 Å². The van der Waals surface area contributed by atoms with Crippen molar-refractivity contribution in [3.63, 3.8) is 0 Å². The van der Waals surface area contributed by atoms with Gasteiger partial charge in [-0.1, -0.05) is 29.8 Å². The lowest BCUT2D eigenvalue weighted by atomic mass is 10.3. The molecule has 0 spiro atoms. The molecular formula is C16H12ClF2N3O2S. The monoisotopic (exact) mass is 383 g/mol. The minimum atomic E-state index is -3.95. The van der Waals surface area contributed by atoms with Crippen molar-refractivity contribution < 1.29 is 17.2 Å². The zero-order chi connectivity index (χ0) is 18.0. The van der Waals surface area contributed by atoms with Gasteiger partial charge in [-0.3, -0.25) is 4.72 Å². The molecule has 0 saturated heterocycles. The number of nitrogens with zero attached hydrogens (tertiary/aromatic N) is 2. The van der Waals surface area contributed by atoms with E-state index in [0.29, 0.717) is 10.7 Å². The molecule has 1 N–H and O–H groups in total. The van der Waals surface area contributed by atoms with E-state index in [1.165, 1.54) is 12.1 Å². The lowest BCUT2D eigenvalue weighted by Crippen LogP contribution is -2.15. The highest BCUT2D eigenvalue weighted by Gasteiger charge is 2.21. The smallest absolute Gasteiger partial charge is 0.263 e. The average molecular weight is 384 g/mol. The summed E-state index contributed by atoms with van der Waals surface area (Å²) in [7, 11) is -3.95. The van der Waals surface area contributed by atoms with Crippen molar-refractivity contribution in [2.24, 2.45) is 0 Å². The van der Waals surface area contributed by atoms with Crippen molar-refractivity contribution in [3.8, 4) is 5.69 Å². The summed E-state index contributed by atoms with van der Waals surface area (Å²) in [4.78, 5) is 0.0115. The molecule has 0 aliphatic carbocycles. The average Bonchev–Trinajstić information content (AvgIpc) is 3.00. The van der Waals surface area contributed by atoms with E-state index in [2.05, 4.69) is 9.82 Å². The first-order valence-corrected chi connectivity index (χ1v) is 8.95. The van der Waals surface area contributed by atoms with Gasteiger partial charge in [0.2, 0.25) is 0 Å². The summed E-state index contributed by atoms with van der Waals surface area (Å²) in [6.45, 7) is 0. The Morgan fingerprint density at radius 1 is 1.04 bits per heavy atom. The number of halogens is 3. The van der Waals surface area contributed by atoms with Crippen molar-refractivity contribution >= 4 is 27.4 Å². The first kappa shape index (κ1) is 17.4. The summed E-state index contributed by atoms with van der Waals surface area (Å²) in [6, 6.07) is 14.8. The molecule has 0 aliphatic rings. The number of rotatable bonds is 5. The number of hydrogen-bond acceptors (Lipinski definition) is 3. The van der Waals surface area contributed by atoms with E-state index < -0.39 is 22.1 Å². The molecule has 1 aromatic heterocycles. The lowest BCUT2D eigenvalue weighted by molar-refractivity contribution is 0.145. The predicted octanol–water partition coefficient (Wildman–Crippen LogP) is 4.26. The van der Waals surface area contributed by atoms with Gasteiger partial charge in [0.1, 0.15) is 11.5 Å². The second-order valence-electron chi connectivity index (χ2n) is 5.06. The zero-order valence-electron chi connectivity index (χ0n) is 12.6. The van der Waals surface area contributed by atoms with Gasteiger partial charge in [-0.25, -0.2) is 21.9 Å². The summed E-state index contributed by atoms with van der Waals surface area (Å²) < 4.78 is 54.4. The molecule has 0 saturated carbocycles. The Labute approximate surface area is 147 Å². The van der Waals surface area contributed by atoms with Gasteiger partial charge in [-0.2, -0.15) is 5.10 Å². The van der Waals surface area contributed by atoms with E-state index >= 15 is 0 Å². The first-order valence-electron chi connectivity index (χ1n) is 7.09. The van der Waals surface area contributed by atoms with Gasteiger partial charge in [0.25, 0.3) is 16.4 Å². The molecule has 0 unspecified atom stereocenters. The Balaban J connectivity index is 2.05. The third-order valence-corrected chi connectivity index (χ3v) is 4.94. The Morgan fingerprint density at radius 2 is 1.68 bits per heavy atom. The summed E-state index contributed by atoms with van der Waals surface area (Å²) in [5.74, 6) is -0.0959. The fourth-order valence-corrected chi connectivity index (χ4v) is 3.33. The largest absolute Gasteiger partial charge is 0.282 e. The van der Waals surface area contributed by atoms with Crippen LogP contribution in [0.25, 0.3) is 5.69 Å². The van der Waals surface area contributed by atoms with Gasteiger partial charge in [0, 0.05) is 11.1 Å². The number of anilines is 1. The van der Waals surface area contributed by atoms with Crippen molar-refractivity contribution in [2.75, 3.05) is 4.72 Å². The SMILES string of the molecule is O=S(=O)(Nc1cc(C(F)F)nn1-c1ccc(Cl)cc1)c1ccccc1. The molecule has 9 heteroatoms. The van der Waals surface area contributed by atoms with Crippen LogP contribution in [0.2, 0.25) is 5.02 Å². The van der Waals surface area contributed by atoms with Gasteiger partial charge in [-0.15, -0.1) is 0 Å². The minimum Gasteiger partial charge on any atom is -0.263 e. The molecule has 3 aromatic rings. The van der Waals surface area contributed by atoms with E-state index in [-0.39, 0.29) is 10.7 Å². The normalized spacial score (nSPS) is 11.7. The van der Waals surface area contributed by atoms with Crippen molar-refractivity contribution in [3.05, 3.63) is 71.4 Å². The predicted molar refractivity (Wildman–Crippen MR) is 90.8 cm³/mol. The molecule has 25 heavy (non-hydrogen) atoms. The standard InChI is InChI=1S/C16H12ClF2N3O2S/c17-11-6-8-12(9-7-11)22-15(10-14(20-22)16(18)19)21-25(23,24)13-4-2-1-3-5-13/h1-10,16,21H. The van der Waals surface area contributed by atoms with Gasteiger partial charge in [0.05, 0.1) is 10.6 Å². The maximum atomic E-state index is 13.0. The van der Waals surface area contributed by atoms with Crippen molar-refractivity contribution in [1.82, 2.24) is 9.78 Å². The van der Waals surface area contributed by atoms with Gasteiger partial charge in [-0.05, 0) is 36.4 Å². The zero-order valence-corrected chi connectivity index (χ0v) is 14.2. The topological polar surface area (TPSA) is 64.0 Å². The summed E-state index contributed by atoms with van der Waals surface area (Å²) in [5, 5.41) is 4.24. The molecule has 0 amide bonds. The Morgan fingerprint density at radius 3 is 2.28 bits per heavy atom. The number of alkyl halides is 2. The molecule has 0 atom stereocenters. The van der Waals surface area contributed by atoms with Gasteiger partial charge < -0.3 is 0 Å². The number of sulfonamides is 1. The summed E-state index contributed by atoms with van der Waals surface area (Å²) in [6.07, 6.45) is -2.84. The van der Waals surface area contributed by atoms with Crippen LogP contribution in [0, 0.1) is 0 Å². The van der Waals surface area contributed by atoms with Crippen LogP contribution in [0.5, 0.6) is 0 Å². The second-order valence-corrected chi connectivity index (χ2v) is 7.18. The van der Waals surface area contributed by atoms with Crippen LogP contribution in [-0.2, 0) is 10.0 Å². The Hall–Kier alpha value is -2.45. The number of benzene rings is 2. The molecule has 0 fully saturated rings. The van der Waals surface area contributed by atoms with E-state index in [0.717, 1.165) is 10.7 Å². The van der Waals surface area contributed by atoms with Crippen LogP contribution in [0.3, 0.4) is 0 Å². The first-order chi connectivity index (χ1) is 11.9. The van der Waals surface area contributed by atoms with Crippen LogP contribution < -0.4 is 4.72 Å². The summed E-state index contributed by atoms with van der Waals surface area (Å²) in [5.41, 5.74) is -0.150. The van der Waals surface area contributed by atoms with E-state index in [1.807, 2.05) is 0 Å². The molecule has 0 aliphatic heterocycles. The van der Waals surface area contributed by atoms with E-state index in [9.17, 15) is 17.2 Å². The van der Waals surface area contributed by atoms with Gasteiger partial charge >= 0.3 is 0 Å². The highest BCUT2D eigenvalue weighted by molar-refractivity contribution is 7.92. The Kier molecular flexibility index (Phi) is 4.73. The summed E-state index contributed by atoms with van der Waals surface area (Å²) >= 11 is 5.82. The molecule has 2 aromatic carbocycles. The number of hydrogen-bond donors (Lipinski definition) is 1.